The topological polar surface area (TPSA) is 71.9 Å². The zero-order valence-corrected chi connectivity index (χ0v) is 17.2. The summed E-state index contributed by atoms with van der Waals surface area (Å²) in [6.45, 7) is 0.0152. The highest BCUT2D eigenvalue weighted by Gasteiger charge is 2.11. The minimum atomic E-state index is -2.84. The van der Waals surface area contributed by atoms with Crippen LogP contribution >= 0.6 is 12.2 Å². The zero-order chi connectivity index (χ0) is 21.5. The summed E-state index contributed by atoms with van der Waals surface area (Å²) in [5.74, 6) is 0.698. The number of aromatic nitrogens is 3. The Morgan fingerprint density at radius 2 is 1.90 bits per heavy atom. The predicted molar refractivity (Wildman–Crippen MR) is 112 cm³/mol. The molecule has 0 saturated heterocycles. The van der Waals surface area contributed by atoms with Crippen LogP contribution < -0.4 is 10.1 Å². The monoisotopic (exact) mass is 432 g/mol. The van der Waals surface area contributed by atoms with Gasteiger partial charge in [-0.05, 0) is 43.3 Å². The van der Waals surface area contributed by atoms with E-state index < -0.39 is 6.61 Å². The number of carbonyl (C=O) groups is 1. The van der Waals surface area contributed by atoms with Gasteiger partial charge in [0, 0.05) is 25.1 Å². The first-order valence-electron chi connectivity index (χ1n) is 9.45. The molecule has 0 spiro atoms. The third kappa shape index (κ3) is 5.96. The quantitative estimate of drug-likeness (QED) is 0.496. The van der Waals surface area contributed by atoms with Crippen molar-refractivity contribution in [2.24, 2.45) is 0 Å². The van der Waals surface area contributed by atoms with Crippen LogP contribution in [-0.4, -0.2) is 33.8 Å². The summed E-state index contributed by atoms with van der Waals surface area (Å²) in [5, 5.41) is 9.92. The summed E-state index contributed by atoms with van der Waals surface area (Å²) in [5.41, 5.74) is 2.98. The molecule has 0 bridgehead atoms. The Morgan fingerprint density at radius 1 is 1.20 bits per heavy atom. The summed E-state index contributed by atoms with van der Waals surface area (Å²) in [6.07, 6.45) is 0.842. The lowest BCUT2D eigenvalue weighted by atomic mass is 10.1. The molecule has 1 heterocycles. The van der Waals surface area contributed by atoms with Crippen LogP contribution in [0.25, 0.3) is 11.4 Å². The number of amides is 1. The van der Waals surface area contributed by atoms with Crippen LogP contribution in [0, 0.1) is 11.7 Å². The van der Waals surface area contributed by atoms with Gasteiger partial charge in [-0.3, -0.25) is 14.5 Å². The number of nitrogens with one attached hydrogen (secondary N) is 2. The van der Waals surface area contributed by atoms with E-state index in [1.807, 2.05) is 31.2 Å². The molecule has 0 fully saturated rings. The van der Waals surface area contributed by atoms with Gasteiger partial charge in [-0.1, -0.05) is 42.0 Å². The van der Waals surface area contributed by atoms with Gasteiger partial charge in [0.15, 0.2) is 10.6 Å². The first-order valence-corrected chi connectivity index (χ1v) is 9.86. The Bertz CT molecular complexity index is 1030. The number of alkyl halides is 2. The van der Waals surface area contributed by atoms with Gasteiger partial charge in [-0.15, -0.1) is 0 Å². The van der Waals surface area contributed by atoms with Crippen LogP contribution in [-0.2, 0) is 17.8 Å². The summed E-state index contributed by atoms with van der Waals surface area (Å²) >= 11 is 5.29. The van der Waals surface area contributed by atoms with E-state index >= 15 is 0 Å². The van der Waals surface area contributed by atoms with E-state index in [4.69, 9.17) is 12.2 Å². The van der Waals surface area contributed by atoms with E-state index in [9.17, 15) is 13.6 Å². The van der Waals surface area contributed by atoms with Crippen molar-refractivity contribution < 1.29 is 18.3 Å². The number of H-pyrrole nitrogens is 1. The zero-order valence-electron chi connectivity index (χ0n) is 16.4. The van der Waals surface area contributed by atoms with Crippen LogP contribution in [0.1, 0.15) is 17.5 Å². The molecule has 3 aromatic rings. The summed E-state index contributed by atoms with van der Waals surface area (Å²) in [7, 11) is 0. The second-order valence-corrected chi connectivity index (χ2v) is 7.13. The molecular weight excluding hydrogens is 410 g/mol. The molecule has 0 unspecified atom stereocenters. The van der Waals surface area contributed by atoms with E-state index in [1.165, 1.54) is 12.1 Å². The Balaban J connectivity index is 1.49. The second kappa shape index (κ2) is 10.1. The van der Waals surface area contributed by atoms with Gasteiger partial charge in [-0.25, -0.2) is 0 Å². The molecule has 158 valence electrons. The normalized spacial score (nSPS) is 10.9. The minimum Gasteiger partial charge on any atom is -0.435 e. The molecule has 9 heteroatoms. The molecule has 0 atom stereocenters. The number of carbonyl (C=O) groups excluding carboxylic acids is 1. The maximum absolute atomic E-state index is 12.2. The van der Waals surface area contributed by atoms with E-state index in [-0.39, 0.29) is 18.1 Å². The summed E-state index contributed by atoms with van der Waals surface area (Å²) in [4.78, 5) is 12.2. The summed E-state index contributed by atoms with van der Waals surface area (Å²) in [6, 6.07) is 14.3. The number of aryl methyl sites for hydroxylation is 1. The number of halogens is 2. The maximum Gasteiger partial charge on any atom is 0.387 e. The van der Waals surface area contributed by atoms with Crippen molar-refractivity contribution >= 4 is 18.1 Å². The average Bonchev–Trinajstić information content (AvgIpc) is 3.08. The lowest BCUT2D eigenvalue weighted by molar-refractivity contribution is -0.121. The predicted octanol–water partition coefficient (Wildman–Crippen LogP) is 4.27. The highest BCUT2D eigenvalue weighted by Crippen LogP contribution is 2.18. The Morgan fingerprint density at radius 3 is 2.57 bits per heavy atom. The number of hydrogen-bond acceptors (Lipinski definition) is 4. The largest absolute Gasteiger partial charge is 0.435 e. The van der Waals surface area contributed by atoms with Crippen molar-refractivity contribution in [3.63, 3.8) is 0 Å². The second-order valence-electron chi connectivity index (χ2n) is 6.74. The van der Waals surface area contributed by atoms with Crippen LogP contribution in [0.15, 0.2) is 48.5 Å². The van der Waals surface area contributed by atoms with E-state index in [0.29, 0.717) is 30.1 Å². The van der Waals surface area contributed by atoms with Gasteiger partial charge in [0.2, 0.25) is 5.91 Å². The average molecular weight is 432 g/mol. The Hall–Kier alpha value is -3.07. The van der Waals surface area contributed by atoms with Gasteiger partial charge in [0.25, 0.3) is 0 Å². The van der Waals surface area contributed by atoms with Crippen molar-refractivity contribution in [2.75, 3.05) is 6.54 Å². The van der Waals surface area contributed by atoms with Crippen molar-refractivity contribution in [2.45, 2.75) is 32.9 Å². The summed E-state index contributed by atoms with van der Waals surface area (Å²) < 4.78 is 30.9. The molecular formula is C21H22F2N4O2S. The van der Waals surface area contributed by atoms with Crippen molar-refractivity contribution in [1.29, 1.82) is 0 Å². The van der Waals surface area contributed by atoms with E-state index in [2.05, 4.69) is 20.3 Å². The fourth-order valence-corrected chi connectivity index (χ4v) is 3.16. The first-order chi connectivity index (χ1) is 14.4. The molecule has 3 rings (SSSR count). The highest BCUT2D eigenvalue weighted by atomic mass is 32.1. The third-order valence-corrected chi connectivity index (χ3v) is 4.83. The number of hydrogen-bond donors (Lipinski definition) is 2. The molecule has 0 aliphatic rings. The molecule has 30 heavy (non-hydrogen) atoms. The number of ether oxygens (including phenoxy) is 1. The molecule has 0 aliphatic carbocycles. The van der Waals surface area contributed by atoms with Crippen LogP contribution in [0.4, 0.5) is 8.78 Å². The highest BCUT2D eigenvalue weighted by molar-refractivity contribution is 7.71. The van der Waals surface area contributed by atoms with E-state index in [1.54, 1.807) is 16.7 Å². The lowest BCUT2D eigenvalue weighted by Crippen LogP contribution is -2.26. The van der Waals surface area contributed by atoms with Gasteiger partial charge >= 0.3 is 6.61 Å². The molecule has 0 aliphatic heterocycles. The SMILES string of the molecule is Cc1ccc(-c2n[nH]c(=S)n2CCC(=O)NCCc2ccc(OC(F)F)cc2)cc1. The van der Waals surface area contributed by atoms with Crippen LogP contribution in [0.3, 0.4) is 0 Å². The standard InChI is InChI=1S/C21H22F2N4O2S/c1-14-2-6-16(7-3-14)19-25-26-21(30)27(19)13-11-18(28)24-12-10-15-4-8-17(9-5-15)29-20(22)23/h2-9,20H,10-13H2,1H3,(H,24,28)(H,26,30). The van der Waals surface area contributed by atoms with Gasteiger partial charge < -0.3 is 10.1 Å². The molecule has 1 aromatic heterocycles. The minimum absolute atomic E-state index is 0.106. The molecule has 0 saturated carbocycles. The number of nitrogens with zero attached hydrogens (tertiary/aromatic N) is 2. The third-order valence-electron chi connectivity index (χ3n) is 4.51. The van der Waals surface area contributed by atoms with Gasteiger partial charge in [-0.2, -0.15) is 13.9 Å². The molecule has 1 amide bonds. The first kappa shape index (κ1) is 21.6. The number of rotatable bonds is 9. The fourth-order valence-electron chi connectivity index (χ4n) is 2.93. The fraction of sp³-hybridized carbons (Fsp3) is 0.286. The van der Waals surface area contributed by atoms with Crippen LogP contribution in [0.2, 0.25) is 0 Å². The molecule has 2 N–H and O–H groups in total. The van der Waals surface area contributed by atoms with E-state index in [0.717, 1.165) is 16.7 Å². The van der Waals surface area contributed by atoms with Gasteiger partial charge in [0.1, 0.15) is 5.75 Å². The maximum atomic E-state index is 12.2. The van der Waals surface area contributed by atoms with Crippen LogP contribution in [0.5, 0.6) is 5.75 Å². The Kier molecular flexibility index (Phi) is 7.29. The lowest BCUT2D eigenvalue weighted by Gasteiger charge is -2.09. The number of benzene rings is 2. The van der Waals surface area contributed by atoms with Gasteiger partial charge in [0.05, 0.1) is 0 Å². The van der Waals surface area contributed by atoms with Crippen molar-refractivity contribution in [1.82, 2.24) is 20.1 Å². The molecule has 0 radical (unpaired) electrons. The molecule has 6 nitrogen and oxygen atoms in total. The number of aromatic amines is 1. The van der Waals surface area contributed by atoms with Crippen molar-refractivity contribution in [3.8, 4) is 17.1 Å². The smallest absolute Gasteiger partial charge is 0.387 e. The Labute approximate surface area is 177 Å². The van der Waals surface area contributed by atoms with Crippen molar-refractivity contribution in [3.05, 3.63) is 64.4 Å². The molecule has 2 aromatic carbocycles.